The number of aromatic amines is 1. The van der Waals surface area contributed by atoms with Crippen LogP contribution in [0.2, 0.25) is 0 Å². The number of H-pyrrole nitrogens is 1. The van der Waals surface area contributed by atoms with Crippen molar-refractivity contribution in [1.29, 1.82) is 0 Å². The summed E-state index contributed by atoms with van der Waals surface area (Å²) in [5, 5.41) is 41.7. The molecule has 2 aromatic rings. The van der Waals surface area contributed by atoms with Crippen molar-refractivity contribution < 1.29 is 43.8 Å². The average molecular weight is 1010 g/mol. The van der Waals surface area contributed by atoms with Gasteiger partial charge in [-0.25, -0.2) is 0 Å². The lowest BCUT2D eigenvalue weighted by atomic mass is 10.0. The first-order valence-corrected chi connectivity index (χ1v) is 25.5. The number of unbranched alkanes of at least 4 members (excludes halogenated alkanes) is 1. The van der Waals surface area contributed by atoms with Crippen molar-refractivity contribution in [3.63, 3.8) is 0 Å². The molecule has 0 bridgehead atoms. The van der Waals surface area contributed by atoms with E-state index in [0.717, 1.165) is 32.5 Å². The van der Waals surface area contributed by atoms with Gasteiger partial charge in [0.2, 0.25) is 41.4 Å². The van der Waals surface area contributed by atoms with Crippen LogP contribution in [0.3, 0.4) is 0 Å². The van der Waals surface area contributed by atoms with Gasteiger partial charge in [-0.3, -0.25) is 43.9 Å². The quantitative estimate of drug-likeness (QED) is 0.0330. The number of aliphatic hydroxyl groups is 2. The monoisotopic (exact) mass is 1010 g/mol. The van der Waals surface area contributed by atoms with E-state index in [0.29, 0.717) is 18.4 Å². The van der Waals surface area contributed by atoms with Crippen molar-refractivity contribution >= 4 is 79.8 Å². The number of carbonyl (C=O) groups is 7. The first-order valence-electron chi connectivity index (χ1n) is 23.0. The van der Waals surface area contributed by atoms with Crippen LogP contribution in [0.5, 0.6) is 0 Å². The highest BCUT2D eigenvalue weighted by Gasteiger charge is 2.36. The number of aliphatic hydroxyl groups excluding tert-OH is 2. The van der Waals surface area contributed by atoms with Crippen LogP contribution < -0.4 is 71.6 Å². The Balaban J connectivity index is 2.07. The maximum absolute atomic E-state index is 14.4. The van der Waals surface area contributed by atoms with E-state index in [2.05, 4.69) is 47.2 Å². The Morgan fingerprint density at radius 2 is 1.49 bits per heavy atom. The molecule has 24 nitrogen and oxygen atoms in total. The Kier molecular flexibility index (Phi) is 25.0. The number of hydrogen-bond acceptors (Lipinski definition) is 16. The first kappa shape index (κ1) is 58.1. The maximum Gasteiger partial charge on any atom is 0.245 e. The van der Waals surface area contributed by atoms with Crippen molar-refractivity contribution in [2.24, 2.45) is 45.3 Å². The molecule has 1 aliphatic rings. The molecule has 10 atom stereocenters. The number of aromatic nitrogens is 1. The van der Waals surface area contributed by atoms with Crippen molar-refractivity contribution in [3.8, 4) is 0 Å². The maximum atomic E-state index is 14.4. The van der Waals surface area contributed by atoms with Gasteiger partial charge >= 0.3 is 0 Å². The Morgan fingerprint density at radius 3 is 2.16 bits per heavy atom. The van der Waals surface area contributed by atoms with Gasteiger partial charge in [0.1, 0.15) is 36.4 Å². The molecule has 1 aromatic carbocycles. The largest absolute Gasteiger partial charge is 0.391 e. The predicted molar refractivity (Wildman–Crippen MR) is 266 cm³/mol. The fourth-order valence-corrected chi connectivity index (χ4v) is 9.50. The third-order valence-electron chi connectivity index (χ3n) is 11.1. The van der Waals surface area contributed by atoms with Crippen LogP contribution in [0, 0.1) is 5.92 Å². The minimum atomic E-state index is -1.67. The molecule has 7 amide bonds. The van der Waals surface area contributed by atoms with E-state index in [1.807, 2.05) is 32.0 Å². The van der Waals surface area contributed by atoms with Gasteiger partial charge in [0.15, 0.2) is 5.96 Å². The van der Waals surface area contributed by atoms with Crippen molar-refractivity contribution in [2.45, 2.75) is 133 Å². The molecule has 1 aliphatic heterocycles. The number of fused-ring (bicyclic) bond motifs is 1. The number of benzene rings is 1. The van der Waals surface area contributed by atoms with Gasteiger partial charge in [0.05, 0.1) is 18.2 Å². The number of amides is 7. The Labute approximate surface area is 409 Å². The third kappa shape index (κ3) is 20.0. The SMILES string of the molecule is CC(C)C[C@H](NC(=O)[C@@H]1CSSC[C@H](N)C(=O)NCC[C@H](N)[C@H](O)N[C@@H](CCCN=C(N)N)C(=O)N[C@@H](Cc2c[nH]c3ccccc23)C(=O)N[C@@H]([C@@H](C)O)C(=O)N[C@@H](CCCCN)C(=O)N1)C(N)=O. The molecule has 0 saturated carbocycles. The van der Waals surface area contributed by atoms with Crippen LogP contribution in [0.4, 0.5) is 0 Å². The number of para-hydroxylation sites is 1. The van der Waals surface area contributed by atoms with Crippen LogP contribution >= 0.6 is 21.6 Å². The standard InChI is InChI=1S/C43H73N15O9S2/c1-22(2)17-31(35(47)60)55-41(66)33-21-69-68-20-27(46)36(61)50-16-13-26(45)37(62)53-30(12-8-15-51-43(48)49)38(63)56-32(18-24-19-52-28-10-5-4-9-25(24)28)40(65)58-34(23(3)59)42(67)54-29(39(64)57-33)11-6-7-14-44/h4-5,9-10,19,22-23,26-27,29-34,37,52-53,59,62H,6-8,11-18,20-21,44-46H2,1-3H3,(H2,47,60)(H,50,61)(H,54,67)(H,55,66)(H,56,63)(H,57,64)(H,58,65)(H4,48,49,51)/t23-,26+,27+,29+,30+,31+,32+,33+,34+,37+/m1/s1. The second-order valence-electron chi connectivity index (χ2n) is 17.4. The second kappa shape index (κ2) is 29.7. The number of nitrogens with two attached hydrogens (primary N) is 6. The summed E-state index contributed by atoms with van der Waals surface area (Å²) >= 11 is 0. The molecule has 1 aromatic heterocycles. The van der Waals surface area contributed by atoms with Crippen molar-refractivity contribution in [2.75, 3.05) is 31.1 Å². The second-order valence-corrected chi connectivity index (χ2v) is 19.9. The van der Waals surface area contributed by atoms with Crippen LogP contribution in [0.1, 0.15) is 71.3 Å². The highest BCUT2D eigenvalue weighted by Crippen LogP contribution is 2.24. The molecule has 0 unspecified atom stereocenters. The highest BCUT2D eigenvalue weighted by molar-refractivity contribution is 8.76. The number of hydrogen-bond donors (Lipinski definition) is 16. The average Bonchev–Trinajstić information content (AvgIpc) is 3.70. The molecular formula is C43H73N15O9S2. The minimum Gasteiger partial charge on any atom is -0.391 e. The molecule has 0 aliphatic carbocycles. The van der Waals surface area contributed by atoms with Crippen molar-refractivity contribution in [3.05, 3.63) is 36.0 Å². The van der Waals surface area contributed by atoms with E-state index >= 15 is 0 Å². The molecule has 69 heavy (non-hydrogen) atoms. The summed E-state index contributed by atoms with van der Waals surface area (Å²) in [4.78, 5) is 103. The lowest BCUT2D eigenvalue weighted by molar-refractivity contribution is -0.136. The zero-order valence-corrected chi connectivity index (χ0v) is 41.0. The normalized spacial score (nSPS) is 25.4. The molecule has 3 rings (SSSR count). The molecule has 386 valence electrons. The van der Waals surface area contributed by atoms with Crippen molar-refractivity contribution in [1.82, 2.24) is 42.2 Å². The molecule has 22 N–H and O–H groups in total. The van der Waals surface area contributed by atoms with E-state index in [9.17, 15) is 43.8 Å². The van der Waals surface area contributed by atoms with Gasteiger partial charge in [0.25, 0.3) is 0 Å². The van der Waals surface area contributed by atoms with Gasteiger partial charge in [-0.1, -0.05) is 53.6 Å². The third-order valence-corrected chi connectivity index (χ3v) is 13.5. The number of carbonyl (C=O) groups excluding carboxylic acids is 7. The topological polar surface area (TPSA) is 428 Å². The van der Waals surface area contributed by atoms with E-state index in [-0.39, 0.29) is 81.5 Å². The smallest absolute Gasteiger partial charge is 0.245 e. The first-order chi connectivity index (χ1) is 32.7. The van der Waals surface area contributed by atoms with Crippen LogP contribution in [0.15, 0.2) is 35.5 Å². The summed E-state index contributed by atoms with van der Waals surface area (Å²) in [7, 11) is 2.25. The van der Waals surface area contributed by atoms with Crippen LogP contribution in [-0.2, 0) is 40.0 Å². The molecule has 2 heterocycles. The molecular weight excluding hydrogens is 935 g/mol. The van der Waals surface area contributed by atoms with E-state index < -0.39 is 102 Å². The summed E-state index contributed by atoms with van der Waals surface area (Å²) in [6.07, 6.45) is -0.100. The fourth-order valence-electron chi connectivity index (χ4n) is 7.22. The summed E-state index contributed by atoms with van der Waals surface area (Å²) in [5.74, 6) is -5.68. The molecule has 0 radical (unpaired) electrons. The van der Waals surface area contributed by atoms with Gasteiger partial charge in [0, 0.05) is 54.2 Å². The van der Waals surface area contributed by atoms with Gasteiger partial charge in [-0.05, 0) is 76.0 Å². The Hall–Kier alpha value is -5.22. The van der Waals surface area contributed by atoms with Gasteiger partial charge < -0.3 is 81.5 Å². The van der Waals surface area contributed by atoms with Crippen LogP contribution in [0.25, 0.3) is 10.9 Å². The summed E-state index contributed by atoms with van der Waals surface area (Å²) in [5.41, 5.74) is 36.2. The summed E-state index contributed by atoms with van der Waals surface area (Å²) in [6.45, 7) is 5.32. The van der Waals surface area contributed by atoms with Gasteiger partial charge in [-0.2, -0.15) is 0 Å². The lowest BCUT2D eigenvalue weighted by Crippen LogP contribution is -2.62. The minimum absolute atomic E-state index is 0.00615. The Bertz CT molecular complexity index is 2040. The van der Waals surface area contributed by atoms with E-state index in [4.69, 9.17) is 34.4 Å². The molecule has 1 fully saturated rings. The van der Waals surface area contributed by atoms with Gasteiger partial charge in [-0.15, -0.1) is 0 Å². The highest BCUT2D eigenvalue weighted by atomic mass is 33.1. The Morgan fingerprint density at radius 1 is 0.841 bits per heavy atom. The predicted octanol–water partition coefficient (Wildman–Crippen LogP) is -3.94. The molecule has 0 spiro atoms. The zero-order valence-electron chi connectivity index (χ0n) is 39.4. The number of aliphatic imine (C=N–C) groups is 1. The zero-order chi connectivity index (χ0) is 51.2. The number of nitrogens with one attached hydrogen (secondary N) is 8. The number of rotatable bonds is 16. The van der Waals surface area contributed by atoms with E-state index in [1.54, 1.807) is 12.3 Å². The number of nitrogens with zero attached hydrogens (tertiary/aromatic N) is 1. The fraction of sp³-hybridized carbons (Fsp3) is 0.628. The van der Waals surface area contributed by atoms with E-state index in [1.165, 1.54) is 6.92 Å². The number of primary amides is 1. The summed E-state index contributed by atoms with van der Waals surface area (Å²) < 4.78 is 0. The molecule has 26 heteroatoms. The lowest BCUT2D eigenvalue weighted by Gasteiger charge is -2.29. The summed E-state index contributed by atoms with van der Waals surface area (Å²) in [6, 6.07) is -2.73. The molecule has 1 saturated heterocycles. The van der Waals surface area contributed by atoms with Crippen LogP contribution in [-0.4, -0.2) is 154 Å². The number of guanidine groups is 1.